The van der Waals surface area contributed by atoms with Crippen LogP contribution >= 0.6 is 0 Å². The lowest BCUT2D eigenvalue weighted by Gasteiger charge is -2.25. The Bertz CT molecular complexity index is 901. The highest BCUT2D eigenvalue weighted by atomic mass is 16.5. The first-order chi connectivity index (χ1) is 15.3. The fourth-order valence-corrected chi connectivity index (χ4v) is 3.01. The Morgan fingerprint density at radius 1 is 1.12 bits per heavy atom. The van der Waals surface area contributed by atoms with Crippen LogP contribution in [0.15, 0.2) is 65.7 Å². The molecule has 0 fully saturated rings. The average Bonchev–Trinajstić information content (AvgIpc) is 2.77. The number of nitriles is 1. The number of amides is 1. The lowest BCUT2D eigenvalue weighted by molar-refractivity contribution is -0.125. The van der Waals surface area contributed by atoms with Gasteiger partial charge < -0.3 is 21.5 Å². The number of benzene rings is 2. The van der Waals surface area contributed by atoms with E-state index in [4.69, 9.17) is 16.2 Å². The molecule has 1 amide bonds. The van der Waals surface area contributed by atoms with Gasteiger partial charge in [0.05, 0.1) is 37.3 Å². The molecule has 2 aromatic rings. The Balaban J connectivity index is 2.09. The van der Waals surface area contributed by atoms with Gasteiger partial charge in [-0.3, -0.25) is 9.79 Å². The zero-order valence-corrected chi connectivity index (χ0v) is 18.8. The first kappa shape index (κ1) is 25.1. The molecule has 7 nitrogen and oxygen atoms in total. The van der Waals surface area contributed by atoms with E-state index in [-0.39, 0.29) is 30.8 Å². The van der Waals surface area contributed by atoms with Crippen LogP contribution in [0.5, 0.6) is 0 Å². The summed E-state index contributed by atoms with van der Waals surface area (Å²) in [6.07, 6.45) is 1.69. The molecule has 0 radical (unpaired) electrons. The maximum atomic E-state index is 12.5. The smallest absolute Gasteiger partial charge is 0.240 e. The van der Waals surface area contributed by atoms with Gasteiger partial charge in [-0.25, -0.2) is 0 Å². The molecule has 7 heteroatoms. The summed E-state index contributed by atoms with van der Waals surface area (Å²) in [5.41, 5.74) is 13.3. The van der Waals surface area contributed by atoms with Crippen molar-refractivity contribution in [3.05, 3.63) is 71.8 Å². The van der Waals surface area contributed by atoms with E-state index in [1.165, 1.54) is 5.56 Å². The zero-order chi connectivity index (χ0) is 23.4. The van der Waals surface area contributed by atoms with Crippen LogP contribution < -0.4 is 16.8 Å². The first-order valence-electron chi connectivity index (χ1n) is 10.7. The SMILES string of the molecule is CC(C)(N)C(=O)NC(COCc1ccccc1)C(N)=NC(CC#N)CCc1ccccc1. The molecule has 32 heavy (non-hydrogen) atoms. The van der Waals surface area contributed by atoms with E-state index in [0.717, 1.165) is 12.0 Å². The molecule has 170 valence electrons. The quantitative estimate of drug-likeness (QED) is 0.349. The topological polar surface area (TPSA) is 127 Å². The molecule has 2 aromatic carbocycles. The van der Waals surface area contributed by atoms with Crippen LogP contribution in [-0.4, -0.2) is 36.0 Å². The van der Waals surface area contributed by atoms with E-state index in [1.807, 2.05) is 60.7 Å². The number of carbonyl (C=O) groups is 1. The van der Waals surface area contributed by atoms with Gasteiger partial charge >= 0.3 is 0 Å². The number of aliphatic imine (C=N–C) groups is 1. The average molecular weight is 436 g/mol. The molecule has 0 aliphatic rings. The van der Waals surface area contributed by atoms with E-state index < -0.39 is 11.6 Å². The fraction of sp³-hybridized carbons (Fsp3) is 0.400. The third-order valence-electron chi connectivity index (χ3n) is 4.91. The van der Waals surface area contributed by atoms with E-state index >= 15 is 0 Å². The van der Waals surface area contributed by atoms with Gasteiger partial charge in [0.1, 0.15) is 11.9 Å². The van der Waals surface area contributed by atoms with Crippen molar-refractivity contribution in [2.24, 2.45) is 16.5 Å². The molecule has 0 aliphatic heterocycles. The standard InChI is InChI=1S/C25H33N5O2/c1-25(2,28)24(31)30-22(18-32-17-20-11-7-4-8-12-20)23(27)29-21(15-16-26)14-13-19-9-5-3-6-10-19/h3-12,21-22H,13-15,17-18,28H2,1-2H3,(H2,27,29)(H,30,31). The molecule has 0 aromatic heterocycles. The van der Waals surface area contributed by atoms with Crippen molar-refractivity contribution < 1.29 is 9.53 Å². The Kier molecular flexibility index (Phi) is 9.86. The highest BCUT2D eigenvalue weighted by Gasteiger charge is 2.26. The van der Waals surface area contributed by atoms with Crippen molar-refractivity contribution in [3.8, 4) is 6.07 Å². The van der Waals surface area contributed by atoms with Crippen molar-refractivity contribution in [2.45, 2.75) is 57.3 Å². The lowest BCUT2D eigenvalue weighted by Crippen LogP contribution is -2.56. The molecule has 0 spiro atoms. The van der Waals surface area contributed by atoms with Crippen molar-refractivity contribution in [1.82, 2.24) is 5.32 Å². The Labute approximate surface area is 190 Å². The molecule has 2 unspecified atom stereocenters. The molecular formula is C25H33N5O2. The van der Waals surface area contributed by atoms with Crippen LogP contribution in [0.1, 0.15) is 37.8 Å². The monoisotopic (exact) mass is 435 g/mol. The minimum atomic E-state index is -1.07. The van der Waals surface area contributed by atoms with E-state index in [9.17, 15) is 10.1 Å². The minimum Gasteiger partial charge on any atom is -0.386 e. The van der Waals surface area contributed by atoms with Gasteiger partial charge in [0.2, 0.25) is 5.91 Å². The number of ether oxygens (including phenoxy) is 1. The highest BCUT2D eigenvalue weighted by Crippen LogP contribution is 2.11. The predicted octanol–water partition coefficient (Wildman–Crippen LogP) is 2.70. The molecule has 2 rings (SSSR count). The summed E-state index contributed by atoms with van der Waals surface area (Å²) in [5.74, 6) is -0.131. The third kappa shape index (κ3) is 8.88. The number of amidine groups is 1. The van der Waals surface area contributed by atoms with Gasteiger partial charge in [-0.2, -0.15) is 5.26 Å². The maximum absolute atomic E-state index is 12.5. The normalized spacial score (nSPS) is 13.8. The summed E-state index contributed by atoms with van der Waals surface area (Å²) in [4.78, 5) is 17.1. The van der Waals surface area contributed by atoms with Crippen LogP contribution in [0, 0.1) is 11.3 Å². The zero-order valence-electron chi connectivity index (χ0n) is 18.8. The van der Waals surface area contributed by atoms with Crippen molar-refractivity contribution in [3.63, 3.8) is 0 Å². The fourth-order valence-electron chi connectivity index (χ4n) is 3.01. The van der Waals surface area contributed by atoms with E-state index in [1.54, 1.807) is 13.8 Å². The van der Waals surface area contributed by atoms with Gasteiger partial charge in [-0.15, -0.1) is 0 Å². The van der Waals surface area contributed by atoms with Crippen LogP contribution in [0.25, 0.3) is 0 Å². The minimum absolute atomic E-state index is 0.143. The van der Waals surface area contributed by atoms with Gasteiger partial charge in [0, 0.05) is 0 Å². The van der Waals surface area contributed by atoms with Crippen molar-refractivity contribution >= 4 is 11.7 Å². The Morgan fingerprint density at radius 3 is 2.28 bits per heavy atom. The van der Waals surface area contributed by atoms with Gasteiger partial charge in [0.15, 0.2) is 0 Å². The molecule has 2 atom stereocenters. The number of nitrogens with one attached hydrogen (secondary N) is 1. The molecule has 0 saturated carbocycles. The molecular weight excluding hydrogens is 402 g/mol. The second-order valence-electron chi connectivity index (χ2n) is 8.34. The van der Waals surface area contributed by atoms with Crippen molar-refractivity contribution in [1.29, 1.82) is 5.26 Å². The van der Waals surface area contributed by atoms with Gasteiger partial charge in [-0.05, 0) is 37.8 Å². The van der Waals surface area contributed by atoms with Crippen LogP contribution in [0.3, 0.4) is 0 Å². The molecule has 0 bridgehead atoms. The number of hydrogen-bond donors (Lipinski definition) is 3. The number of aryl methyl sites for hydroxylation is 1. The van der Waals surface area contributed by atoms with Crippen LogP contribution in [0.4, 0.5) is 0 Å². The number of nitrogens with zero attached hydrogens (tertiary/aromatic N) is 2. The number of hydrogen-bond acceptors (Lipinski definition) is 5. The molecule has 5 N–H and O–H groups in total. The number of rotatable bonds is 12. The molecule has 0 heterocycles. The second-order valence-corrected chi connectivity index (χ2v) is 8.34. The Hall–Kier alpha value is -3.21. The summed E-state index contributed by atoms with van der Waals surface area (Å²) in [6, 6.07) is 21.0. The van der Waals surface area contributed by atoms with Gasteiger partial charge in [-0.1, -0.05) is 60.7 Å². The van der Waals surface area contributed by atoms with Crippen molar-refractivity contribution in [2.75, 3.05) is 6.61 Å². The van der Waals surface area contributed by atoms with E-state index in [2.05, 4.69) is 16.4 Å². The summed E-state index contributed by atoms with van der Waals surface area (Å²) in [6.45, 7) is 3.76. The summed E-state index contributed by atoms with van der Waals surface area (Å²) in [5, 5.41) is 12.1. The highest BCUT2D eigenvalue weighted by molar-refractivity contribution is 5.93. The summed E-state index contributed by atoms with van der Waals surface area (Å²) >= 11 is 0. The Morgan fingerprint density at radius 2 is 1.72 bits per heavy atom. The largest absolute Gasteiger partial charge is 0.386 e. The third-order valence-corrected chi connectivity index (χ3v) is 4.91. The molecule has 0 aliphatic carbocycles. The van der Waals surface area contributed by atoms with E-state index in [0.29, 0.717) is 13.0 Å². The number of nitrogens with two attached hydrogens (primary N) is 2. The maximum Gasteiger partial charge on any atom is 0.240 e. The van der Waals surface area contributed by atoms with Crippen LogP contribution in [-0.2, 0) is 22.6 Å². The summed E-state index contributed by atoms with van der Waals surface area (Å²) < 4.78 is 5.81. The second kappa shape index (κ2) is 12.6. The summed E-state index contributed by atoms with van der Waals surface area (Å²) in [7, 11) is 0. The van der Waals surface area contributed by atoms with Gasteiger partial charge in [0.25, 0.3) is 0 Å². The predicted molar refractivity (Wildman–Crippen MR) is 127 cm³/mol. The molecule has 0 saturated heterocycles. The number of carbonyl (C=O) groups excluding carboxylic acids is 1. The lowest BCUT2D eigenvalue weighted by atomic mass is 10.0. The first-order valence-corrected chi connectivity index (χ1v) is 10.7. The van der Waals surface area contributed by atoms with Crippen LogP contribution in [0.2, 0.25) is 0 Å².